The van der Waals surface area contributed by atoms with Crippen molar-refractivity contribution >= 4 is 46.3 Å². The summed E-state index contributed by atoms with van der Waals surface area (Å²) < 4.78 is 16.4. The first-order valence-electron chi connectivity index (χ1n) is 11.7. The molecule has 1 aliphatic rings. The predicted octanol–water partition coefficient (Wildman–Crippen LogP) is 6.13. The van der Waals surface area contributed by atoms with Crippen LogP contribution in [0, 0.1) is 0 Å². The van der Waals surface area contributed by atoms with Crippen LogP contribution in [0.1, 0.15) is 31.0 Å². The monoisotopic (exact) mass is 557 g/mol. The van der Waals surface area contributed by atoms with Crippen LogP contribution in [0.4, 0.5) is 5.69 Å². The van der Waals surface area contributed by atoms with Crippen molar-refractivity contribution in [2.24, 2.45) is 0 Å². The lowest BCUT2D eigenvalue weighted by Gasteiger charge is -2.26. The Morgan fingerprint density at radius 2 is 1.66 bits per heavy atom. The molecule has 3 aromatic rings. The van der Waals surface area contributed by atoms with Gasteiger partial charge in [0.05, 0.1) is 42.5 Å². The van der Waals surface area contributed by atoms with Crippen LogP contribution in [-0.2, 0) is 9.59 Å². The third-order valence-corrected chi connectivity index (χ3v) is 6.44. The maximum atomic E-state index is 13.5. The second kappa shape index (κ2) is 11.2. The summed E-state index contributed by atoms with van der Waals surface area (Å²) in [6.07, 6.45) is 0. The molecule has 0 spiro atoms. The van der Waals surface area contributed by atoms with E-state index in [1.807, 2.05) is 6.92 Å². The van der Waals surface area contributed by atoms with Crippen molar-refractivity contribution in [2.75, 3.05) is 25.2 Å². The highest BCUT2D eigenvalue weighted by Crippen LogP contribution is 2.46. The minimum absolute atomic E-state index is 0.0449. The molecule has 0 radical (unpaired) electrons. The average Bonchev–Trinajstić information content (AvgIpc) is 3.15. The predicted molar refractivity (Wildman–Crippen MR) is 145 cm³/mol. The van der Waals surface area contributed by atoms with Crippen molar-refractivity contribution in [3.8, 4) is 23.0 Å². The fraction of sp³-hybridized carbons (Fsp3) is 0.214. The number of aliphatic hydroxyl groups excluding tert-OH is 1. The lowest BCUT2D eigenvalue weighted by atomic mass is 9.94. The molecule has 1 saturated heterocycles. The first kappa shape index (κ1) is 27.2. The number of ketones is 1. The number of phenolic OH excluding ortho intramolecular Hbond substituents is 1. The number of carbonyl (C=O) groups is 2. The molecular weight excluding hydrogens is 533 g/mol. The van der Waals surface area contributed by atoms with E-state index in [9.17, 15) is 19.8 Å². The Balaban J connectivity index is 1.98. The number of methoxy groups -OCH3 is 1. The van der Waals surface area contributed by atoms with Crippen LogP contribution in [0.15, 0.2) is 60.2 Å². The minimum Gasteiger partial charge on any atom is -0.507 e. The zero-order valence-corrected chi connectivity index (χ0v) is 22.3. The average molecular weight is 558 g/mol. The highest BCUT2D eigenvalue weighted by atomic mass is 35.5. The molecule has 0 bridgehead atoms. The van der Waals surface area contributed by atoms with E-state index in [0.29, 0.717) is 23.6 Å². The lowest BCUT2D eigenvalue weighted by Crippen LogP contribution is -2.29. The van der Waals surface area contributed by atoms with E-state index in [2.05, 4.69) is 0 Å². The summed E-state index contributed by atoms with van der Waals surface area (Å²) in [5.41, 5.74) is 0.631. The molecule has 0 aromatic heterocycles. The minimum atomic E-state index is -1.09. The van der Waals surface area contributed by atoms with Gasteiger partial charge in [-0.3, -0.25) is 14.5 Å². The van der Waals surface area contributed by atoms with E-state index < -0.39 is 23.5 Å². The molecule has 1 fully saturated rings. The second-order valence-corrected chi connectivity index (χ2v) is 9.07. The van der Waals surface area contributed by atoms with E-state index in [1.165, 1.54) is 36.3 Å². The summed E-state index contributed by atoms with van der Waals surface area (Å²) in [4.78, 5) is 28.2. The Bertz CT molecular complexity index is 1420. The zero-order chi connectivity index (χ0) is 27.6. The van der Waals surface area contributed by atoms with Crippen LogP contribution in [0.3, 0.4) is 0 Å². The maximum Gasteiger partial charge on any atom is 0.300 e. The molecule has 2 N–H and O–H groups in total. The summed E-state index contributed by atoms with van der Waals surface area (Å²) in [7, 11) is 1.36. The maximum absolute atomic E-state index is 13.5. The van der Waals surface area contributed by atoms with Gasteiger partial charge in [-0.1, -0.05) is 29.3 Å². The molecule has 1 amide bonds. The van der Waals surface area contributed by atoms with Crippen LogP contribution in [0.5, 0.6) is 23.0 Å². The Morgan fingerprint density at radius 1 is 0.974 bits per heavy atom. The van der Waals surface area contributed by atoms with Crippen molar-refractivity contribution in [3.63, 3.8) is 0 Å². The summed E-state index contributed by atoms with van der Waals surface area (Å²) in [6, 6.07) is 12.8. The molecule has 1 heterocycles. The van der Waals surface area contributed by atoms with E-state index >= 15 is 0 Å². The molecule has 3 aromatic carbocycles. The SMILES string of the molecule is CCOc1ccc(N2C(=O)C(=O)/C(=C(/O)c3cc(Cl)cc(Cl)c3OC)C2c2ccc(O)c(OCC)c2)cc1. The molecule has 8 nitrogen and oxygen atoms in total. The number of benzene rings is 3. The molecule has 1 unspecified atom stereocenters. The van der Waals surface area contributed by atoms with Gasteiger partial charge in [0.15, 0.2) is 11.5 Å². The van der Waals surface area contributed by atoms with Gasteiger partial charge in [-0.15, -0.1) is 0 Å². The largest absolute Gasteiger partial charge is 0.507 e. The molecule has 1 aliphatic heterocycles. The Labute approximate surface area is 229 Å². The number of carbonyl (C=O) groups excluding carboxylic acids is 2. The van der Waals surface area contributed by atoms with Crippen molar-refractivity contribution in [1.29, 1.82) is 0 Å². The van der Waals surface area contributed by atoms with E-state index in [1.54, 1.807) is 37.3 Å². The number of ether oxygens (including phenoxy) is 3. The van der Waals surface area contributed by atoms with Gasteiger partial charge in [0, 0.05) is 10.7 Å². The van der Waals surface area contributed by atoms with E-state index in [-0.39, 0.29) is 45.0 Å². The van der Waals surface area contributed by atoms with Gasteiger partial charge in [0.25, 0.3) is 11.7 Å². The quantitative estimate of drug-likeness (QED) is 0.195. The first-order chi connectivity index (χ1) is 18.2. The number of nitrogens with zero attached hydrogens (tertiary/aromatic N) is 1. The fourth-order valence-corrected chi connectivity index (χ4v) is 4.92. The highest BCUT2D eigenvalue weighted by molar-refractivity contribution is 6.52. The number of Topliss-reactive ketones (excluding diaryl/α,β-unsaturated/α-hetero) is 1. The Kier molecular flexibility index (Phi) is 8.04. The van der Waals surface area contributed by atoms with Gasteiger partial charge in [0.1, 0.15) is 17.3 Å². The summed E-state index contributed by atoms with van der Waals surface area (Å²) in [5, 5.41) is 22.1. The van der Waals surface area contributed by atoms with Crippen LogP contribution in [-0.4, -0.2) is 42.2 Å². The number of aromatic hydroxyl groups is 1. The molecule has 10 heteroatoms. The smallest absolute Gasteiger partial charge is 0.300 e. The number of rotatable bonds is 8. The van der Waals surface area contributed by atoms with Crippen molar-refractivity contribution in [2.45, 2.75) is 19.9 Å². The summed E-state index contributed by atoms with van der Waals surface area (Å²) in [6.45, 7) is 4.34. The molecular formula is C28H25Cl2NO7. The number of hydrogen-bond donors (Lipinski definition) is 2. The number of hydrogen-bond acceptors (Lipinski definition) is 7. The van der Waals surface area contributed by atoms with Crippen molar-refractivity contribution in [3.05, 3.63) is 81.3 Å². The third-order valence-electron chi connectivity index (χ3n) is 5.94. The summed E-state index contributed by atoms with van der Waals surface area (Å²) >= 11 is 12.5. The topological polar surface area (TPSA) is 106 Å². The van der Waals surface area contributed by atoms with Gasteiger partial charge in [-0.25, -0.2) is 0 Å². The first-order valence-corrected chi connectivity index (χ1v) is 12.5. The van der Waals surface area contributed by atoms with Gasteiger partial charge in [0.2, 0.25) is 0 Å². The van der Waals surface area contributed by atoms with Gasteiger partial charge < -0.3 is 24.4 Å². The van der Waals surface area contributed by atoms with Gasteiger partial charge in [-0.2, -0.15) is 0 Å². The Morgan fingerprint density at radius 3 is 2.29 bits per heavy atom. The molecule has 4 rings (SSSR count). The summed E-state index contributed by atoms with van der Waals surface area (Å²) in [5.74, 6) is -1.59. The second-order valence-electron chi connectivity index (χ2n) is 8.22. The molecule has 0 saturated carbocycles. The Hall–Kier alpha value is -3.88. The number of anilines is 1. The van der Waals surface area contributed by atoms with E-state index in [4.69, 9.17) is 37.4 Å². The normalized spacial score (nSPS) is 16.6. The van der Waals surface area contributed by atoms with Crippen molar-refractivity contribution < 1.29 is 34.0 Å². The third kappa shape index (κ3) is 4.97. The number of phenols is 1. The number of amides is 1. The van der Waals surface area contributed by atoms with Crippen LogP contribution < -0.4 is 19.1 Å². The number of halogens is 2. The van der Waals surface area contributed by atoms with Crippen LogP contribution in [0.2, 0.25) is 10.0 Å². The van der Waals surface area contributed by atoms with Crippen LogP contribution >= 0.6 is 23.2 Å². The number of aliphatic hydroxyl groups is 1. The van der Waals surface area contributed by atoms with E-state index in [0.717, 1.165) is 0 Å². The molecule has 198 valence electrons. The van der Waals surface area contributed by atoms with Gasteiger partial charge in [-0.05, 0) is 67.9 Å². The standard InChI is InChI=1S/C28H25Cl2NO7/c1-4-37-18-9-7-17(8-10-18)31-24(15-6-11-21(32)22(12-15)38-5-2)23(26(34)28(31)35)25(33)19-13-16(29)14-20(30)27(19)36-3/h6-14,24,32-33H,4-5H2,1-3H3/b25-23+. The van der Waals surface area contributed by atoms with Gasteiger partial charge >= 0.3 is 0 Å². The molecule has 1 atom stereocenters. The highest BCUT2D eigenvalue weighted by Gasteiger charge is 2.47. The fourth-order valence-electron chi connectivity index (χ4n) is 4.34. The zero-order valence-electron chi connectivity index (χ0n) is 20.8. The lowest BCUT2D eigenvalue weighted by molar-refractivity contribution is -0.132. The van der Waals surface area contributed by atoms with Crippen LogP contribution in [0.25, 0.3) is 5.76 Å². The molecule has 38 heavy (non-hydrogen) atoms. The van der Waals surface area contributed by atoms with Crippen molar-refractivity contribution in [1.82, 2.24) is 0 Å². The molecule has 0 aliphatic carbocycles.